The van der Waals surface area contributed by atoms with Gasteiger partial charge in [-0.05, 0) is 42.5 Å². The lowest BCUT2D eigenvalue weighted by Crippen LogP contribution is -2.40. The normalized spacial score (nSPS) is 14.0. The third kappa shape index (κ3) is 3.59. The highest BCUT2D eigenvalue weighted by molar-refractivity contribution is 7.09. The van der Waals surface area contributed by atoms with Gasteiger partial charge in [0.2, 0.25) is 5.91 Å². The van der Waals surface area contributed by atoms with Crippen LogP contribution in [-0.4, -0.2) is 23.4 Å². The first-order valence-corrected chi connectivity index (χ1v) is 8.95. The summed E-state index contributed by atoms with van der Waals surface area (Å²) in [5, 5.41) is 7.89. The second kappa shape index (κ2) is 7.05. The molecule has 0 fully saturated rings. The molecule has 2 aromatic rings. The molecule has 126 valence electrons. The minimum Gasteiger partial charge on any atom is -0.331 e. The molecule has 5 nitrogen and oxygen atoms in total. The van der Waals surface area contributed by atoms with Crippen LogP contribution in [0.5, 0.6) is 0 Å². The number of hydrogen-bond acceptors (Lipinski definition) is 3. The van der Waals surface area contributed by atoms with Crippen LogP contribution in [0.2, 0.25) is 0 Å². The van der Waals surface area contributed by atoms with Gasteiger partial charge in [-0.1, -0.05) is 18.2 Å². The van der Waals surface area contributed by atoms with Gasteiger partial charge in [0.15, 0.2) is 0 Å². The lowest BCUT2D eigenvalue weighted by Gasteiger charge is -2.24. The van der Waals surface area contributed by atoms with Crippen LogP contribution in [0, 0.1) is 0 Å². The lowest BCUT2D eigenvalue weighted by atomic mass is 10.0. The molecular formula is C18H21N3O2S. The summed E-state index contributed by atoms with van der Waals surface area (Å²) >= 11 is 1.65. The van der Waals surface area contributed by atoms with Crippen molar-refractivity contribution in [1.82, 2.24) is 10.2 Å². The van der Waals surface area contributed by atoms with Gasteiger partial charge in [-0.25, -0.2) is 4.79 Å². The van der Waals surface area contributed by atoms with E-state index in [1.807, 2.05) is 49.6 Å². The SMILES string of the molecule is CCN(Cc1cccs1)C(=O)N[C@@H](C)c1ccc2c(c1)CC(=O)N2. The van der Waals surface area contributed by atoms with Crippen LogP contribution >= 0.6 is 11.3 Å². The highest BCUT2D eigenvalue weighted by Crippen LogP contribution is 2.26. The lowest BCUT2D eigenvalue weighted by molar-refractivity contribution is -0.115. The van der Waals surface area contributed by atoms with Crippen LogP contribution < -0.4 is 10.6 Å². The average Bonchev–Trinajstić information content (AvgIpc) is 3.19. The summed E-state index contributed by atoms with van der Waals surface area (Å²) in [6, 6.07) is 9.69. The number of anilines is 1. The molecule has 0 saturated heterocycles. The zero-order valence-corrected chi connectivity index (χ0v) is 14.7. The van der Waals surface area contributed by atoms with Crippen molar-refractivity contribution in [3.63, 3.8) is 0 Å². The minimum absolute atomic E-state index is 0.0203. The molecule has 0 unspecified atom stereocenters. The third-order valence-electron chi connectivity index (χ3n) is 4.19. The highest BCUT2D eigenvalue weighted by atomic mass is 32.1. The van der Waals surface area contributed by atoms with E-state index in [2.05, 4.69) is 10.6 Å². The Bertz CT molecular complexity index is 743. The van der Waals surface area contributed by atoms with E-state index in [1.165, 1.54) is 4.88 Å². The summed E-state index contributed by atoms with van der Waals surface area (Å²) in [5.41, 5.74) is 2.87. The summed E-state index contributed by atoms with van der Waals surface area (Å²) < 4.78 is 0. The van der Waals surface area contributed by atoms with Gasteiger partial charge >= 0.3 is 6.03 Å². The molecule has 1 aliphatic rings. The molecule has 1 atom stereocenters. The van der Waals surface area contributed by atoms with Crippen molar-refractivity contribution in [2.75, 3.05) is 11.9 Å². The number of fused-ring (bicyclic) bond motifs is 1. The Morgan fingerprint density at radius 2 is 2.25 bits per heavy atom. The Morgan fingerprint density at radius 3 is 2.96 bits per heavy atom. The van der Waals surface area contributed by atoms with Gasteiger partial charge in [-0.3, -0.25) is 4.79 Å². The number of hydrogen-bond donors (Lipinski definition) is 2. The van der Waals surface area contributed by atoms with Crippen LogP contribution in [0.1, 0.15) is 35.9 Å². The molecule has 0 spiro atoms. The number of nitrogens with zero attached hydrogens (tertiary/aromatic N) is 1. The first-order chi connectivity index (χ1) is 11.6. The van der Waals surface area contributed by atoms with Crippen molar-refractivity contribution in [3.8, 4) is 0 Å². The topological polar surface area (TPSA) is 61.4 Å². The van der Waals surface area contributed by atoms with E-state index in [0.717, 1.165) is 16.8 Å². The van der Waals surface area contributed by atoms with E-state index in [-0.39, 0.29) is 18.0 Å². The Labute approximate surface area is 145 Å². The van der Waals surface area contributed by atoms with Gasteiger partial charge in [0.05, 0.1) is 19.0 Å². The highest BCUT2D eigenvalue weighted by Gasteiger charge is 2.20. The number of urea groups is 1. The number of carbonyl (C=O) groups excluding carboxylic acids is 2. The van der Waals surface area contributed by atoms with Crippen LogP contribution in [0.25, 0.3) is 0 Å². The number of thiophene rings is 1. The van der Waals surface area contributed by atoms with E-state index < -0.39 is 0 Å². The molecule has 3 amide bonds. The average molecular weight is 343 g/mol. The Balaban J connectivity index is 1.65. The molecule has 6 heteroatoms. The van der Waals surface area contributed by atoms with Gasteiger partial charge in [-0.15, -0.1) is 11.3 Å². The summed E-state index contributed by atoms with van der Waals surface area (Å²) in [4.78, 5) is 26.9. The van der Waals surface area contributed by atoms with Gasteiger partial charge in [0, 0.05) is 17.1 Å². The van der Waals surface area contributed by atoms with E-state index in [9.17, 15) is 9.59 Å². The molecule has 1 aromatic heterocycles. The van der Waals surface area contributed by atoms with Gasteiger partial charge in [0.25, 0.3) is 0 Å². The molecule has 0 aliphatic carbocycles. The van der Waals surface area contributed by atoms with Gasteiger partial charge < -0.3 is 15.5 Å². The van der Waals surface area contributed by atoms with Crippen LogP contribution in [0.3, 0.4) is 0 Å². The number of amides is 3. The first kappa shape index (κ1) is 16.5. The summed E-state index contributed by atoms with van der Waals surface area (Å²) in [6.45, 7) is 5.21. The predicted octanol–water partition coefficient (Wildman–Crippen LogP) is 3.54. The van der Waals surface area contributed by atoms with E-state index in [0.29, 0.717) is 19.5 Å². The maximum Gasteiger partial charge on any atom is 0.318 e. The van der Waals surface area contributed by atoms with Crippen LogP contribution in [0.15, 0.2) is 35.7 Å². The molecule has 1 aliphatic heterocycles. The van der Waals surface area contributed by atoms with Crippen molar-refractivity contribution in [3.05, 3.63) is 51.7 Å². The van der Waals surface area contributed by atoms with Crippen molar-refractivity contribution in [2.24, 2.45) is 0 Å². The first-order valence-electron chi connectivity index (χ1n) is 8.07. The van der Waals surface area contributed by atoms with Crippen molar-refractivity contribution < 1.29 is 9.59 Å². The molecule has 2 heterocycles. The fraction of sp³-hybridized carbons (Fsp3) is 0.333. The fourth-order valence-electron chi connectivity index (χ4n) is 2.80. The smallest absolute Gasteiger partial charge is 0.318 e. The number of nitrogens with one attached hydrogen (secondary N) is 2. The molecule has 1 aromatic carbocycles. The molecule has 3 rings (SSSR count). The maximum absolute atomic E-state index is 12.5. The van der Waals surface area contributed by atoms with Gasteiger partial charge in [0.1, 0.15) is 0 Å². The summed E-state index contributed by atoms with van der Waals surface area (Å²) in [7, 11) is 0. The molecule has 24 heavy (non-hydrogen) atoms. The second-order valence-electron chi connectivity index (χ2n) is 5.91. The summed E-state index contributed by atoms with van der Waals surface area (Å²) in [6.07, 6.45) is 0.406. The Kier molecular flexibility index (Phi) is 4.85. The molecule has 2 N–H and O–H groups in total. The van der Waals surface area contributed by atoms with Crippen molar-refractivity contribution >= 4 is 29.0 Å². The molecule has 0 radical (unpaired) electrons. The quantitative estimate of drug-likeness (QED) is 0.872. The van der Waals surface area contributed by atoms with Crippen LogP contribution in [-0.2, 0) is 17.8 Å². The fourth-order valence-corrected chi connectivity index (χ4v) is 3.52. The van der Waals surface area contributed by atoms with Crippen LogP contribution in [0.4, 0.5) is 10.5 Å². The Morgan fingerprint density at radius 1 is 1.42 bits per heavy atom. The standard InChI is InChI=1S/C18H21N3O2S/c1-3-21(11-15-5-4-8-24-15)18(23)19-12(2)13-6-7-16-14(9-13)10-17(22)20-16/h4-9,12H,3,10-11H2,1-2H3,(H,19,23)(H,20,22)/t12-/m0/s1. The zero-order valence-electron chi connectivity index (χ0n) is 13.8. The zero-order chi connectivity index (χ0) is 17.1. The van der Waals surface area contributed by atoms with Crippen molar-refractivity contribution in [1.29, 1.82) is 0 Å². The molecule has 0 bridgehead atoms. The maximum atomic E-state index is 12.5. The monoisotopic (exact) mass is 343 g/mol. The van der Waals surface area contributed by atoms with E-state index in [4.69, 9.17) is 0 Å². The number of benzene rings is 1. The van der Waals surface area contributed by atoms with Crippen molar-refractivity contribution in [2.45, 2.75) is 32.9 Å². The molecule has 0 saturated carbocycles. The predicted molar refractivity (Wildman–Crippen MR) is 96.1 cm³/mol. The summed E-state index contributed by atoms with van der Waals surface area (Å²) in [5.74, 6) is 0.0203. The third-order valence-corrected chi connectivity index (χ3v) is 5.05. The molecular weight excluding hydrogens is 322 g/mol. The van der Waals surface area contributed by atoms with E-state index in [1.54, 1.807) is 16.2 Å². The second-order valence-corrected chi connectivity index (χ2v) is 6.94. The number of rotatable bonds is 5. The van der Waals surface area contributed by atoms with E-state index >= 15 is 0 Å². The van der Waals surface area contributed by atoms with Gasteiger partial charge in [-0.2, -0.15) is 0 Å². The largest absolute Gasteiger partial charge is 0.331 e. The number of carbonyl (C=O) groups is 2. The minimum atomic E-state index is -0.115. The Hall–Kier alpha value is -2.34.